The lowest BCUT2D eigenvalue weighted by Gasteiger charge is -2.25. The highest BCUT2D eigenvalue weighted by atomic mass is 32.1. The smallest absolute Gasteiger partial charge is 0.253 e. The van der Waals surface area contributed by atoms with Crippen LogP contribution in [0.5, 0.6) is 0 Å². The van der Waals surface area contributed by atoms with Crippen molar-refractivity contribution in [2.45, 2.75) is 38.6 Å². The second kappa shape index (κ2) is 13.7. The molecule has 2 aromatic heterocycles. The molecule has 0 saturated carbocycles. The van der Waals surface area contributed by atoms with Crippen LogP contribution in [0.25, 0.3) is 0 Å². The van der Waals surface area contributed by atoms with Crippen molar-refractivity contribution in [3.63, 3.8) is 0 Å². The van der Waals surface area contributed by atoms with Crippen LogP contribution >= 0.6 is 11.3 Å². The van der Waals surface area contributed by atoms with Crippen molar-refractivity contribution >= 4 is 23.2 Å². The molecule has 3 N–H and O–H groups in total. The van der Waals surface area contributed by atoms with Gasteiger partial charge in [-0.1, -0.05) is 42.5 Å². The second-order valence-corrected chi connectivity index (χ2v) is 10.4. The summed E-state index contributed by atoms with van der Waals surface area (Å²) in [4.78, 5) is 36.5. The van der Waals surface area contributed by atoms with Crippen LogP contribution < -0.4 is 10.6 Å². The largest absolute Gasteiger partial charge is 0.390 e. The van der Waals surface area contributed by atoms with Gasteiger partial charge >= 0.3 is 0 Å². The van der Waals surface area contributed by atoms with Gasteiger partial charge in [0, 0.05) is 54.7 Å². The highest BCUT2D eigenvalue weighted by Crippen LogP contribution is 2.15. The fourth-order valence-corrected chi connectivity index (χ4v) is 5.00. The highest BCUT2D eigenvalue weighted by molar-refractivity contribution is 7.09. The molecule has 0 spiro atoms. The number of aliphatic hydroxyl groups is 1. The Labute approximate surface area is 232 Å². The van der Waals surface area contributed by atoms with Gasteiger partial charge < -0.3 is 20.6 Å². The molecule has 0 fully saturated rings. The molecule has 0 radical (unpaired) electrons. The van der Waals surface area contributed by atoms with Crippen LogP contribution in [0.4, 0.5) is 0 Å². The number of pyridine rings is 1. The van der Waals surface area contributed by atoms with Gasteiger partial charge in [-0.25, -0.2) is 4.98 Å². The molecule has 9 heteroatoms. The van der Waals surface area contributed by atoms with Crippen molar-refractivity contribution in [3.8, 4) is 0 Å². The number of nitrogens with zero attached hydrogens (tertiary/aromatic N) is 3. The van der Waals surface area contributed by atoms with Gasteiger partial charge in [-0.15, -0.1) is 11.3 Å². The topological polar surface area (TPSA) is 107 Å². The number of thiazole rings is 1. The monoisotopic (exact) mass is 543 g/mol. The first kappa shape index (κ1) is 28.1. The first-order valence-corrected chi connectivity index (χ1v) is 13.7. The summed E-state index contributed by atoms with van der Waals surface area (Å²) in [5, 5.41) is 20.1. The summed E-state index contributed by atoms with van der Waals surface area (Å²) in [5.41, 5.74) is 3.69. The van der Waals surface area contributed by atoms with E-state index in [1.165, 1.54) is 11.3 Å². The van der Waals surface area contributed by atoms with Gasteiger partial charge in [-0.2, -0.15) is 0 Å². The van der Waals surface area contributed by atoms with Gasteiger partial charge in [-0.3, -0.25) is 14.6 Å². The highest BCUT2D eigenvalue weighted by Gasteiger charge is 2.23. The third-order valence-corrected chi connectivity index (χ3v) is 7.19. The van der Waals surface area contributed by atoms with Crippen LogP contribution in [0.3, 0.4) is 0 Å². The van der Waals surface area contributed by atoms with Gasteiger partial charge in [0.2, 0.25) is 0 Å². The number of carbonyl (C=O) groups is 2. The van der Waals surface area contributed by atoms with E-state index in [4.69, 9.17) is 0 Å². The maximum Gasteiger partial charge on any atom is 0.253 e. The van der Waals surface area contributed by atoms with Crippen molar-refractivity contribution in [1.29, 1.82) is 0 Å². The number of benzene rings is 2. The van der Waals surface area contributed by atoms with Crippen LogP contribution in [0.1, 0.15) is 42.5 Å². The molecular formula is C30H33N5O3S. The zero-order valence-corrected chi connectivity index (χ0v) is 22.9. The van der Waals surface area contributed by atoms with E-state index < -0.39 is 12.1 Å². The van der Waals surface area contributed by atoms with E-state index in [0.29, 0.717) is 30.6 Å². The maximum atomic E-state index is 13.3. The van der Waals surface area contributed by atoms with E-state index in [9.17, 15) is 14.7 Å². The Kier molecular flexibility index (Phi) is 9.91. The van der Waals surface area contributed by atoms with Crippen molar-refractivity contribution < 1.29 is 14.7 Å². The Bertz CT molecular complexity index is 1360. The van der Waals surface area contributed by atoms with E-state index in [2.05, 4.69) is 20.6 Å². The maximum absolute atomic E-state index is 13.3. The minimum absolute atomic E-state index is 0.196. The molecule has 0 aliphatic heterocycles. The summed E-state index contributed by atoms with van der Waals surface area (Å²) < 4.78 is 0. The number of aryl methyl sites for hydroxylation is 1. The molecule has 2 heterocycles. The van der Waals surface area contributed by atoms with E-state index in [1.54, 1.807) is 48.6 Å². The minimum atomic E-state index is -0.844. The summed E-state index contributed by atoms with van der Waals surface area (Å²) in [6.07, 6.45) is 3.10. The minimum Gasteiger partial charge on any atom is -0.390 e. The summed E-state index contributed by atoms with van der Waals surface area (Å²) >= 11 is 1.51. The lowest BCUT2D eigenvalue weighted by molar-refractivity contribution is 0.0784. The molecule has 0 aliphatic rings. The van der Waals surface area contributed by atoms with Crippen molar-refractivity contribution in [2.24, 2.45) is 0 Å². The molecule has 2 aromatic carbocycles. The molecule has 202 valence electrons. The Hall–Kier alpha value is -3.92. The Morgan fingerprint density at radius 2 is 1.79 bits per heavy atom. The lowest BCUT2D eigenvalue weighted by Crippen LogP contribution is -2.48. The first-order valence-electron chi connectivity index (χ1n) is 12.8. The number of amides is 2. The molecule has 0 saturated heterocycles. The molecule has 0 bridgehead atoms. The van der Waals surface area contributed by atoms with Crippen LogP contribution in [0.15, 0.2) is 84.5 Å². The molecule has 39 heavy (non-hydrogen) atoms. The van der Waals surface area contributed by atoms with E-state index in [0.717, 1.165) is 21.8 Å². The third kappa shape index (κ3) is 8.28. The Morgan fingerprint density at radius 1 is 1.03 bits per heavy atom. The van der Waals surface area contributed by atoms with E-state index >= 15 is 0 Å². The van der Waals surface area contributed by atoms with E-state index in [-0.39, 0.29) is 18.4 Å². The number of aliphatic hydroxyl groups excluding tert-OH is 1. The fourth-order valence-electron chi connectivity index (χ4n) is 4.18. The van der Waals surface area contributed by atoms with Gasteiger partial charge in [0.05, 0.1) is 18.7 Å². The summed E-state index contributed by atoms with van der Waals surface area (Å²) in [5.74, 6) is -0.548. The summed E-state index contributed by atoms with van der Waals surface area (Å²) in [6.45, 7) is 3.15. The molecule has 2 amide bonds. The summed E-state index contributed by atoms with van der Waals surface area (Å²) in [7, 11) is 1.72. The number of hydrogen-bond acceptors (Lipinski definition) is 7. The molecule has 4 rings (SSSR count). The number of hydrogen-bond donors (Lipinski definition) is 3. The molecule has 8 nitrogen and oxygen atoms in total. The SMILES string of the molecule is Cc1csc(CN(C)C(=O)c2cccc(C(=O)N[C@@H](Cc3ccccc3)[C@H](O)CNCc3cccnc3)c2)n1. The van der Waals surface area contributed by atoms with Gasteiger partial charge in [0.1, 0.15) is 5.01 Å². The van der Waals surface area contributed by atoms with Crippen LogP contribution in [-0.2, 0) is 19.5 Å². The zero-order valence-electron chi connectivity index (χ0n) is 22.1. The Balaban J connectivity index is 1.42. The van der Waals surface area contributed by atoms with Crippen LogP contribution in [0.2, 0.25) is 0 Å². The van der Waals surface area contributed by atoms with Crippen molar-refractivity contribution in [1.82, 2.24) is 25.5 Å². The predicted molar refractivity (Wildman–Crippen MR) is 152 cm³/mol. The van der Waals surface area contributed by atoms with Gasteiger partial charge in [0.25, 0.3) is 11.8 Å². The van der Waals surface area contributed by atoms with Gasteiger partial charge in [-0.05, 0) is 48.7 Å². The molecular weight excluding hydrogens is 510 g/mol. The fraction of sp³-hybridized carbons (Fsp3) is 0.267. The second-order valence-electron chi connectivity index (χ2n) is 9.45. The zero-order chi connectivity index (χ0) is 27.6. The predicted octanol–water partition coefficient (Wildman–Crippen LogP) is 3.61. The normalized spacial score (nSPS) is 12.5. The number of rotatable bonds is 12. The molecule has 0 aliphatic carbocycles. The average molecular weight is 544 g/mol. The first-order chi connectivity index (χ1) is 18.9. The van der Waals surface area contributed by atoms with Crippen molar-refractivity contribution in [3.05, 3.63) is 117 Å². The average Bonchev–Trinajstić information content (AvgIpc) is 3.37. The lowest BCUT2D eigenvalue weighted by atomic mass is 10.00. The van der Waals surface area contributed by atoms with Crippen LogP contribution in [0, 0.1) is 6.92 Å². The molecule has 4 aromatic rings. The quantitative estimate of drug-likeness (QED) is 0.252. The van der Waals surface area contributed by atoms with Gasteiger partial charge in [0.15, 0.2) is 0 Å². The number of nitrogens with one attached hydrogen (secondary N) is 2. The molecule has 0 unspecified atom stereocenters. The summed E-state index contributed by atoms with van der Waals surface area (Å²) in [6, 6.07) is 19.7. The number of aromatic nitrogens is 2. The van der Waals surface area contributed by atoms with Crippen molar-refractivity contribution in [2.75, 3.05) is 13.6 Å². The number of carbonyl (C=O) groups excluding carboxylic acids is 2. The Morgan fingerprint density at radius 3 is 2.51 bits per heavy atom. The standard InChI is InChI=1S/C30H33N5O3S/c1-21-20-39-28(33-21)19-35(2)30(38)25-12-6-11-24(15-25)29(37)34-26(14-22-8-4-3-5-9-22)27(36)18-32-17-23-10-7-13-31-16-23/h3-13,15-16,20,26-27,32,36H,14,17-19H2,1-2H3,(H,34,37)/t26-,27+/m0/s1. The third-order valence-electron chi connectivity index (χ3n) is 6.24. The van der Waals surface area contributed by atoms with E-state index in [1.807, 2.05) is 54.8 Å². The van der Waals surface area contributed by atoms with Crippen LogP contribution in [-0.4, -0.2) is 57.5 Å². The molecule has 2 atom stereocenters.